The molecule has 3 rings (SSSR count). The highest BCUT2D eigenvalue weighted by molar-refractivity contribution is 6.31. The van der Waals surface area contributed by atoms with Crippen molar-refractivity contribution >= 4 is 34.4 Å². The molecule has 0 radical (unpaired) electrons. The molecular formula is C15H14ClNO4. The molecule has 21 heavy (non-hydrogen) atoms. The van der Waals surface area contributed by atoms with Crippen LogP contribution in [-0.4, -0.2) is 34.5 Å². The van der Waals surface area contributed by atoms with Crippen molar-refractivity contribution in [2.75, 3.05) is 6.54 Å². The molecule has 0 bridgehead atoms. The Kier molecular flexibility index (Phi) is 3.37. The van der Waals surface area contributed by atoms with Gasteiger partial charge in [0, 0.05) is 22.5 Å². The fraction of sp³-hybridized carbons (Fsp3) is 0.333. The van der Waals surface area contributed by atoms with Crippen molar-refractivity contribution in [1.29, 1.82) is 0 Å². The lowest BCUT2D eigenvalue weighted by Crippen LogP contribution is -2.40. The third kappa shape index (κ3) is 2.27. The highest BCUT2D eigenvalue weighted by atomic mass is 35.5. The first-order chi connectivity index (χ1) is 9.99. The molecule has 0 spiro atoms. The lowest BCUT2D eigenvalue weighted by Gasteiger charge is -2.20. The van der Waals surface area contributed by atoms with Crippen LogP contribution in [0.3, 0.4) is 0 Å². The Labute approximate surface area is 126 Å². The summed E-state index contributed by atoms with van der Waals surface area (Å²) in [5.41, 5.74) is 1.26. The van der Waals surface area contributed by atoms with E-state index in [1.54, 1.807) is 25.1 Å². The molecule has 1 N–H and O–H groups in total. The third-order valence-corrected chi connectivity index (χ3v) is 4.13. The van der Waals surface area contributed by atoms with E-state index in [-0.39, 0.29) is 11.7 Å². The number of carboxylic acids is 1. The summed E-state index contributed by atoms with van der Waals surface area (Å²) in [6, 6.07) is 4.37. The van der Waals surface area contributed by atoms with Crippen LogP contribution in [0.25, 0.3) is 11.0 Å². The van der Waals surface area contributed by atoms with E-state index < -0.39 is 12.0 Å². The molecule has 1 aromatic carbocycles. The van der Waals surface area contributed by atoms with E-state index in [1.165, 1.54) is 4.90 Å². The number of halogens is 1. The van der Waals surface area contributed by atoms with Crippen molar-refractivity contribution < 1.29 is 19.1 Å². The van der Waals surface area contributed by atoms with Crippen molar-refractivity contribution in [3.8, 4) is 0 Å². The van der Waals surface area contributed by atoms with Gasteiger partial charge in [-0.15, -0.1) is 0 Å². The lowest BCUT2D eigenvalue weighted by molar-refractivity contribution is -0.141. The molecule has 5 nitrogen and oxygen atoms in total. The van der Waals surface area contributed by atoms with Crippen LogP contribution in [0, 0.1) is 6.92 Å². The van der Waals surface area contributed by atoms with E-state index in [2.05, 4.69) is 0 Å². The normalized spacial score (nSPS) is 18.4. The van der Waals surface area contributed by atoms with Crippen molar-refractivity contribution in [2.45, 2.75) is 25.8 Å². The average Bonchev–Trinajstić information content (AvgIpc) is 3.04. The summed E-state index contributed by atoms with van der Waals surface area (Å²) in [6.07, 6.45) is 1.17. The number of furan rings is 1. The fourth-order valence-electron chi connectivity index (χ4n) is 2.79. The van der Waals surface area contributed by atoms with Gasteiger partial charge in [0.1, 0.15) is 11.6 Å². The summed E-state index contributed by atoms with van der Waals surface area (Å²) in [6.45, 7) is 2.22. The van der Waals surface area contributed by atoms with Gasteiger partial charge in [-0.3, -0.25) is 4.79 Å². The van der Waals surface area contributed by atoms with E-state index >= 15 is 0 Å². The van der Waals surface area contributed by atoms with Gasteiger partial charge in [0.25, 0.3) is 5.91 Å². The van der Waals surface area contributed by atoms with Gasteiger partial charge in [-0.05, 0) is 38.0 Å². The first-order valence-corrected chi connectivity index (χ1v) is 7.09. The molecule has 1 aliphatic rings. The second-order valence-electron chi connectivity index (χ2n) is 5.19. The second-order valence-corrected chi connectivity index (χ2v) is 5.63. The average molecular weight is 308 g/mol. The maximum atomic E-state index is 12.6. The molecule has 1 atom stereocenters. The Balaban J connectivity index is 2.02. The zero-order chi connectivity index (χ0) is 15.1. The van der Waals surface area contributed by atoms with Crippen LogP contribution in [0.1, 0.15) is 29.0 Å². The highest BCUT2D eigenvalue weighted by Gasteiger charge is 2.36. The van der Waals surface area contributed by atoms with Crippen molar-refractivity contribution in [3.05, 3.63) is 34.5 Å². The second kappa shape index (κ2) is 5.07. The van der Waals surface area contributed by atoms with E-state index in [4.69, 9.17) is 16.0 Å². The molecule has 110 valence electrons. The number of hydrogen-bond donors (Lipinski definition) is 1. The van der Waals surface area contributed by atoms with E-state index in [0.717, 1.165) is 5.39 Å². The molecule has 1 aliphatic heterocycles. The summed E-state index contributed by atoms with van der Waals surface area (Å²) < 4.78 is 5.61. The number of carbonyl (C=O) groups is 2. The van der Waals surface area contributed by atoms with Crippen LogP contribution in [0.4, 0.5) is 0 Å². The summed E-state index contributed by atoms with van der Waals surface area (Å²) in [7, 11) is 0. The molecule has 6 heteroatoms. The van der Waals surface area contributed by atoms with Crippen LogP contribution >= 0.6 is 11.6 Å². The number of fused-ring (bicyclic) bond motifs is 1. The number of amides is 1. The van der Waals surface area contributed by atoms with Gasteiger partial charge in [-0.2, -0.15) is 0 Å². The minimum Gasteiger partial charge on any atom is -0.480 e. The summed E-state index contributed by atoms with van der Waals surface area (Å²) in [5, 5.41) is 10.5. The Morgan fingerprint density at radius 3 is 2.90 bits per heavy atom. The summed E-state index contributed by atoms with van der Waals surface area (Å²) >= 11 is 5.96. The molecule has 0 saturated carbocycles. The summed E-state index contributed by atoms with van der Waals surface area (Å²) in [4.78, 5) is 25.2. The Morgan fingerprint density at radius 2 is 2.19 bits per heavy atom. The van der Waals surface area contributed by atoms with E-state index in [0.29, 0.717) is 35.6 Å². The largest absolute Gasteiger partial charge is 0.480 e. The molecule has 0 aliphatic carbocycles. The smallest absolute Gasteiger partial charge is 0.326 e. The molecule has 1 amide bonds. The molecule has 1 fully saturated rings. The van der Waals surface area contributed by atoms with Gasteiger partial charge in [0.05, 0.1) is 0 Å². The lowest BCUT2D eigenvalue weighted by atomic mass is 10.1. The fourth-order valence-corrected chi connectivity index (χ4v) is 2.97. The minimum atomic E-state index is -0.974. The quantitative estimate of drug-likeness (QED) is 0.925. The first-order valence-electron chi connectivity index (χ1n) is 6.71. The van der Waals surface area contributed by atoms with Crippen LogP contribution in [0.2, 0.25) is 5.02 Å². The van der Waals surface area contributed by atoms with Gasteiger partial charge in [-0.1, -0.05) is 11.6 Å². The number of carbonyl (C=O) groups excluding carboxylic acids is 1. The zero-order valence-corrected chi connectivity index (χ0v) is 12.2. The molecular weight excluding hydrogens is 294 g/mol. The molecule has 1 aromatic heterocycles. The Hall–Kier alpha value is -2.01. The standard InChI is InChI=1S/C15H14ClNO4/c1-8-10-7-9(16)4-5-12(10)21-13(8)14(18)17-6-2-3-11(17)15(19)20/h4-5,7,11H,2-3,6H2,1H3,(H,19,20)/t11-/m0/s1. The Bertz CT molecular complexity index is 737. The number of benzene rings is 1. The maximum absolute atomic E-state index is 12.6. The number of aryl methyl sites for hydroxylation is 1. The van der Waals surface area contributed by atoms with Crippen LogP contribution < -0.4 is 0 Å². The zero-order valence-electron chi connectivity index (χ0n) is 11.4. The van der Waals surface area contributed by atoms with E-state index in [9.17, 15) is 14.7 Å². The van der Waals surface area contributed by atoms with Gasteiger partial charge in [-0.25, -0.2) is 4.79 Å². The highest BCUT2D eigenvalue weighted by Crippen LogP contribution is 2.30. The van der Waals surface area contributed by atoms with Crippen molar-refractivity contribution in [1.82, 2.24) is 4.90 Å². The first kappa shape index (κ1) is 13.9. The van der Waals surface area contributed by atoms with Gasteiger partial charge >= 0.3 is 5.97 Å². The predicted molar refractivity (Wildman–Crippen MR) is 77.7 cm³/mol. The van der Waals surface area contributed by atoms with Gasteiger partial charge in [0.15, 0.2) is 5.76 Å². The molecule has 0 unspecified atom stereocenters. The van der Waals surface area contributed by atoms with E-state index in [1.807, 2.05) is 0 Å². The monoisotopic (exact) mass is 307 g/mol. The van der Waals surface area contributed by atoms with Crippen LogP contribution in [0.5, 0.6) is 0 Å². The third-order valence-electron chi connectivity index (χ3n) is 3.89. The number of likely N-dealkylation sites (tertiary alicyclic amines) is 1. The van der Waals surface area contributed by atoms with Crippen molar-refractivity contribution in [2.24, 2.45) is 0 Å². The SMILES string of the molecule is Cc1c(C(=O)N2CCC[C@H]2C(=O)O)oc2ccc(Cl)cc12. The van der Waals surface area contributed by atoms with Crippen molar-refractivity contribution in [3.63, 3.8) is 0 Å². The number of nitrogens with zero attached hydrogens (tertiary/aromatic N) is 1. The minimum absolute atomic E-state index is 0.195. The topological polar surface area (TPSA) is 70.8 Å². The van der Waals surface area contributed by atoms with Crippen LogP contribution in [-0.2, 0) is 4.79 Å². The van der Waals surface area contributed by atoms with Crippen LogP contribution in [0.15, 0.2) is 22.6 Å². The van der Waals surface area contributed by atoms with Gasteiger partial charge in [0.2, 0.25) is 0 Å². The number of aliphatic carboxylic acids is 1. The van der Waals surface area contributed by atoms with Gasteiger partial charge < -0.3 is 14.4 Å². The number of rotatable bonds is 2. The molecule has 2 aromatic rings. The molecule has 2 heterocycles. The summed E-state index contributed by atoms with van der Waals surface area (Å²) in [5.74, 6) is -1.15. The predicted octanol–water partition coefficient (Wildman–Crippen LogP) is 3.08. The molecule has 1 saturated heterocycles. The Morgan fingerprint density at radius 1 is 1.43 bits per heavy atom. The number of hydrogen-bond acceptors (Lipinski definition) is 3. The number of carboxylic acid groups (broad SMARTS) is 1. The maximum Gasteiger partial charge on any atom is 0.326 e.